The van der Waals surface area contributed by atoms with Crippen molar-refractivity contribution in [1.29, 1.82) is 0 Å². The van der Waals surface area contributed by atoms with Crippen LogP contribution in [0.2, 0.25) is 0 Å². The van der Waals surface area contributed by atoms with Crippen molar-refractivity contribution < 1.29 is 0 Å². The summed E-state index contributed by atoms with van der Waals surface area (Å²) in [6.45, 7) is 9.27. The predicted octanol–water partition coefficient (Wildman–Crippen LogP) is 1.57. The van der Waals surface area contributed by atoms with E-state index in [1.807, 2.05) is 0 Å². The van der Waals surface area contributed by atoms with Gasteiger partial charge in [-0.25, -0.2) is 0 Å². The maximum Gasteiger partial charge on any atom is 0.0560 e. The predicted molar refractivity (Wildman–Crippen MR) is 75.1 cm³/mol. The van der Waals surface area contributed by atoms with E-state index < -0.39 is 0 Å². The highest BCUT2D eigenvalue weighted by atomic mass is 15.3. The molecule has 0 saturated carbocycles. The van der Waals surface area contributed by atoms with E-state index in [9.17, 15) is 0 Å². The lowest BCUT2D eigenvalue weighted by atomic mass is 9.94. The number of nitrogens with one attached hydrogen (secondary N) is 1. The molecule has 3 rings (SSSR count). The minimum absolute atomic E-state index is 0.480. The lowest BCUT2D eigenvalue weighted by Crippen LogP contribution is -2.49. The highest BCUT2D eigenvalue weighted by Gasteiger charge is 2.31. The first-order valence-corrected chi connectivity index (χ1v) is 7.06. The molecule has 1 aliphatic carbocycles. The molecule has 98 valence electrons. The molecular formula is C15H23N3. The van der Waals surface area contributed by atoms with Gasteiger partial charge in [-0.3, -0.25) is 4.90 Å². The summed E-state index contributed by atoms with van der Waals surface area (Å²) >= 11 is 0. The Morgan fingerprint density at radius 3 is 2.56 bits per heavy atom. The highest BCUT2D eigenvalue weighted by molar-refractivity contribution is 5.31. The van der Waals surface area contributed by atoms with E-state index >= 15 is 0 Å². The molecule has 2 heterocycles. The Morgan fingerprint density at radius 2 is 1.83 bits per heavy atom. The van der Waals surface area contributed by atoms with E-state index in [0.717, 1.165) is 13.1 Å². The van der Waals surface area contributed by atoms with Gasteiger partial charge >= 0.3 is 0 Å². The van der Waals surface area contributed by atoms with E-state index in [4.69, 9.17) is 0 Å². The van der Waals surface area contributed by atoms with Gasteiger partial charge in [-0.1, -0.05) is 24.3 Å². The molecule has 0 bridgehead atoms. The Kier molecular flexibility index (Phi) is 3.16. The standard InChI is InChI=1S/C15H23N3/c1-12(2)17-7-9-18(10-8-17)15-11-16-14-6-4-3-5-13(14)15/h3-6,11-14,16H,7-10H2,1-2H3. The van der Waals surface area contributed by atoms with Gasteiger partial charge in [-0.05, 0) is 13.8 Å². The normalized spacial score (nSPS) is 31.5. The van der Waals surface area contributed by atoms with Crippen molar-refractivity contribution in [3.63, 3.8) is 0 Å². The molecule has 0 aromatic heterocycles. The molecular weight excluding hydrogens is 222 g/mol. The summed E-state index contributed by atoms with van der Waals surface area (Å²) in [7, 11) is 0. The second-order valence-electron chi connectivity index (χ2n) is 5.67. The summed E-state index contributed by atoms with van der Waals surface area (Å²) in [6, 6.07) is 1.15. The molecule has 0 radical (unpaired) electrons. The zero-order chi connectivity index (χ0) is 12.5. The zero-order valence-corrected chi connectivity index (χ0v) is 11.3. The maximum absolute atomic E-state index is 3.48. The number of piperazine rings is 1. The Bertz CT molecular complexity index is 387. The van der Waals surface area contributed by atoms with Crippen molar-refractivity contribution in [2.24, 2.45) is 5.92 Å². The zero-order valence-electron chi connectivity index (χ0n) is 11.3. The summed E-state index contributed by atoms with van der Waals surface area (Å²) in [4.78, 5) is 5.12. The molecule has 1 N–H and O–H groups in total. The van der Waals surface area contributed by atoms with E-state index in [2.05, 4.69) is 59.5 Å². The molecule has 3 aliphatic rings. The Balaban J connectivity index is 1.64. The van der Waals surface area contributed by atoms with Gasteiger partial charge in [-0.15, -0.1) is 0 Å². The van der Waals surface area contributed by atoms with Gasteiger partial charge in [0.25, 0.3) is 0 Å². The summed E-state index contributed by atoms with van der Waals surface area (Å²) in [5, 5.41) is 3.48. The van der Waals surface area contributed by atoms with Gasteiger partial charge in [0.2, 0.25) is 0 Å². The van der Waals surface area contributed by atoms with Crippen LogP contribution in [0, 0.1) is 5.92 Å². The van der Waals surface area contributed by atoms with Crippen molar-refractivity contribution in [3.05, 3.63) is 36.2 Å². The molecule has 3 nitrogen and oxygen atoms in total. The van der Waals surface area contributed by atoms with Crippen LogP contribution in [0.4, 0.5) is 0 Å². The van der Waals surface area contributed by atoms with Crippen LogP contribution >= 0.6 is 0 Å². The van der Waals surface area contributed by atoms with E-state index in [0.29, 0.717) is 18.0 Å². The quantitative estimate of drug-likeness (QED) is 0.796. The molecule has 0 aromatic rings. The van der Waals surface area contributed by atoms with Gasteiger partial charge in [0.15, 0.2) is 0 Å². The largest absolute Gasteiger partial charge is 0.382 e. The monoisotopic (exact) mass is 245 g/mol. The van der Waals surface area contributed by atoms with Crippen molar-refractivity contribution in [2.45, 2.75) is 25.9 Å². The van der Waals surface area contributed by atoms with Crippen LogP contribution < -0.4 is 5.32 Å². The smallest absolute Gasteiger partial charge is 0.0560 e. The topological polar surface area (TPSA) is 18.5 Å². The molecule has 0 amide bonds. The van der Waals surface area contributed by atoms with E-state index in [1.165, 1.54) is 18.8 Å². The van der Waals surface area contributed by atoms with E-state index in [-0.39, 0.29) is 0 Å². The number of rotatable bonds is 2. The Labute approximate surface area is 110 Å². The second kappa shape index (κ2) is 4.81. The van der Waals surface area contributed by atoms with Gasteiger partial charge < -0.3 is 10.2 Å². The van der Waals surface area contributed by atoms with Crippen molar-refractivity contribution in [1.82, 2.24) is 15.1 Å². The average Bonchev–Trinajstić information content (AvgIpc) is 2.82. The van der Waals surface area contributed by atoms with Gasteiger partial charge in [-0.2, -0.15) is 0 Å². The molecule has 1 fully saturated rings. The first-order valence-electron chi connectivity index (χ1n) is 7.06. The number of hydrogen-bond acceptors (Lipinski definition) is 3. The summed E-state index contributed by atoms with van der Waals surface area (Å²) in [6.07, 6.45) is 11.1. The third kappa shape index (κ3) is 2.07. The van der Waals surface area contributed by atoms with Crippen LogP contribution in [0.1, 0.15) is 13.8 Å². The van der Waals surface area contributed by atoms with Crippen molar-refractivity contribution >= 4 is 0 Å². The van der Waals surface area contributed by atoms with Crippen LogP contribution in [-0.2, 0) is 0 Å². The number of fused-ring (bicyclic) bond motifs is 1. The molecule has 2 unspecified atom stereocenters. The lowest BCUT2D eigenvalue weighted by Gasteiger charge is -2.40. The Morgan fingerprint density at radius 1 is 1.11 bits per heavy atom. The number of hydrogen-bond donors (Lipinski definition) is 1. The molecule has 18 heavy (non-hydrogen) atoms. The summed E-state index contributed by atoms with van der Waals surface area (Å²) < 4.78 is 0. The fourth-order valence-electron chi connectivity index (χ4n) is 3.13. The molecule has 0 aromatic carbocycles. The van der Waals surface area contributed by atoms with Crippen LogP contribution in [0.5, 0.6) is 0 Å². The third-order valence-corrected chi connectivity index (χ3v) is 4.31. The fourth-order valence-corrected chi connectivity index (χ4v) is 3.13. The summed E-state index contributed by atoms with van der Waals surface area (Å²) in [5.41, 5.74) is 1.48. The first-order chi connectivity index (χ1) is 8.75. The molecule has 3 heteroatoms. The minimum atomic E-state index is 0.480. The van der Waals surface area contributed by atoms with E-state index in [1.54, 1.807) is 0 Å². The van der Waals surface area contributed by atoms with Crippen LogP contribution in [0.15, 0.2) is 36.2 Å². The SMILES string of the molecule is CC(C)N1CCN(C2=CNC3C=CC=CC23)CC1. The molecule has 1 saturated heterocycles. The molecule has 0 spiro atoms. The van der Waals surface area contributed by atoms with Gasteiger partial charge in [0.1, 0.15) is 0 Å². The lowest BCUT2D eigenvalue weighted by molar-refractivity contribution is 0.125. The van der Waals surface area contributed by atoms with Gasteiger partial charge in [0, 0.05) is 50.0 Å². The Hall–Kier alpha value is -1.22. The van der Waals surface area contributed by atoms with Crippen molar-refractivity contribution in [3.8, 4) is 0 Å². The minimum Gasteiger partial charge on any atom is -0.382 e. The third-order valence-electron chi connectivity index (χ3n) is 4.31. The first kappa shape index (κ1) is 11.8. The maximum atomic E-state index is 3.48. The highest BCUT2D eigenvalue weighted by Crippen LogP contribution is 2.29. The average molecular weight is 245 g/mol. The van der Waals surface area contributed by atoms with Crippen LogP contribution in [0.25, 0.3) is 0 Å². The van der Waals surface area contributed by atoms with Crippen LogP contribution in [-0.4, -0.2) is 48.1 Å². The molecule has 2 aliphatic heterocycles. The fraction of sp³-hybridized carbons (Fsp3) is 0.600. The number of nitrogens with zero attached hydrogens (tertiary/aromatic N) is 2. The second-order valence-corrected chi connectivity index (χ2v) is 5.67. The molecule has 2 atom stereocenters. The van der Waals surface area contributed by atoms with Crippen LogP contribution in [0.3, 0.4) is 0 Å². The van der Waals surface area contributed by atoms with Gasteiger partial charge in [0.05, 0.1) is 6.04 Å². The number of allylic oxidation sites excluding steroid dienone is 2. The summed E-state index contributed by atoms with van der Waals surface area (Å²) in [5.74, 6) is 0.542. The van der Waals surface area contributed by atoms with Crippen molar-refractivity contribution in [2.75, 3.05) is 26.2 Å².